The van der Waals surface area contributed by atoms with Crippen LogP contribution in [-0.4, -0.2) is 37.9 Å². The van der Waals surface area contributed by atoms with Crippen LogP contribution < -0.4 is 5.32 Å². The molecule has 0 spiro atoms. The SMILES string of the molecule is Cc1noc(CCn2cncc2CCNC(=O)OC(C)(C)C)n1. The lowest BCUT2D eigenvalue weighted by molar-refractivity contribution is 0.0528. The number of nitrogens with zero attached hydrogens (tertiary/aromatic N) is 4. The molecule has 2 aromatic heterocycles. The highest BCUT2D eigenvalue weighted by atomic mass is 16.6. The van der Waals surface area contributed by atoms with Crippen molar-refractivity contribution < 1.29 is 14.1 Å². The number of carbonyl (C=O) groups excluding carboxylic acids is 1. The maximum absolute atomic E-state index is 11.6. The van der Waals surface area contributed by atoms with Crippen LogP contribution in [0.3, 0.4) is 0 Å². The minimum absolute atomic E-state index is 0.412. The highest BCUT2D eigenvalue weighted by molar-refractivity contribution is 5.67. The average Bonchev–Trinajstić information content (AvgIpc) is 3.03. The number of hydrogen-bond donors (Lipinski definition) is 1. The predicted octanol–water partition coefficient (Wildman–Crippen LogP) is 1.88. The zero-order valence-electron chi connectivity index (χ0n) is 14.0. The lowest BCUT2D eigenvalue weighted by atomic mass is 10.2. The number of ether oxygens (including phenoxy) is 1. The van der Waals surface area contributed by atoms with Gasteiger partial charge in [-0.3, -0.25) is 0 Å². The van der Waals surface area contributed by atoms with Crippen LogP contribution >= 0.6 is 0 Å². The van der Waals surface area contributed by atoms with E-state index in [4.69, 9.17) is 9.26 Å². The van der Waals surface area contributed by atoms with Crippen molar-refractivity contribution in [1.29, 1.82) is 0 Å². The van der Waals surface area contributed by atoms with Gasteiger partial charge >= 0.3 is 6.09 Å². The second-order valence-electron chi connectivity index (χ2n) is 6.24. The van der Waals surface area contributed by atoms with Crippen molar-refractivity contribution in [3.05, 3.63) is 29.9 Å². The Morgan fingerprint density at radius 3 is 2.83 bits per heavy atom. The minimum Gasteiger partial charge on any atom is -0.444 e. The molecule has 0 aliphatic rings. The summed E-state index contributed by atoms with van der Waals surface area (Å²) in [6.07, 6.45) is 4.44. The number of alkyl carbamates (subject to hydrolysis) is 1. The maximum atomic E-state index is 11.6. The van der Waals surface area contributed by atoms with E-state index in [-0.39, 0.29) is 0 Å². The van der Waals surface area contributed by atoms with Gasteiger partial charge in [-0.25, -0.2) is 9.78 Å². The molecule has 8 heteroatoms. The summed E-state index contributed by atoms with van der Waals surface area (Å²) in [6, 6.07) is 0. The first-order chi connectivity index (χ1) is 10.8. The van der Waals surface area contributed by atoms with Crippen LogP contribution in [-0.2, 0) is 24.1 Å². The third-order valence-electron chi connectivity index (χ3n) is 2.98. The van der Waals surface area contributed by atoms with Crippen LogP contribution in [0.2, 0.25) is 0 Å². The van der Waals surface area contributed by atoms with E-state index >= 15 is 0 Å². The molecule has 0 atom stereocenters. The minimum atomic E-state index is -0.492. The number of rotatable bonds is 6. The van der Waals surface area contributed by atoms with Gasteiger partial charge in [-0.05, 0) is 27.7 Å². The van der Waals surface area contributed by atoms with Gasteiger partial charge in [-0.2, -0.15) is 4.98 Å². The van der Waals surface area contributed by atoms with Crippen LogP contribution in [0, 0.1) is 6.92 Å². The quantitative estimate of drug-likeness (QED) is 0.873. The Morgan fingerprint density at radius 1 is 1.39 bits per heavy atom. The fourth-order valence-electron chi connectivity index (χ4n) is 2.02. The predicted molar refractivity (Wildman–Crippen MR) is 82.9 cm³/mol. The topological polar surface area (TPSA) is 95.1 Å². The largest absolute Gasteiger partial charge is 0.444 e. The van der Waals surface area contributed by atoms with Gasteiger partial charge in [-0.15, -0.1) is 0 Å². The van der Waals surface area contributed by atoms with Crippen molar-refractivity contribution >= 4 is 6.09 Å². The van der Waals surface area contributed by atoms with Crippen molar-refractivity contribution in [2.75, 3.05) is 6.54 Å². The van der Waals surface area contributed by atoms with E-state index in [1.54, 1.807) is 19.4 Å². The number of imidazole rings is 1. The number of hydrogen-bond acceptors (Lipinski definition) is 6. The van der Waals surface area contributed by atoms with E-state index in [1.807, 2.05) is 25.3 Å². The van der Waals surface area contributed by atoms with E-state index < -0.39 is 11.7 Å². The molecule has 8 nitrogen and oxygen atoms in total. The van der Waals surface area contributed by atoms with Gasteiger partial charge in [0.2, 0.25) is 5.89 Å². The van der Waals surface area contributed by atoms with Gasteiger partial charge in [0.05, 0.1) is 6.33 Å². The van der Waals surface area contributed by atoms with Crippen molar-refractivity contribution in [1.82, 2.24) is 25.0 Å². The molecule has 23 heavy (non-hydrogen) atoms. The molecule has 0 saturated heterocycles. The van der Waals surface area contributed by atoms with E-state index in [1.165, 1.54) is 0 Å². The third-order valence-corrected chi connectivity index (χ3v) is 2.98. The maximum Gasteiger partial charge on any atom is 0.407 e. The van der Waals surface area contributed by atoms with Crippen molar-refractivity contribution in [3.63, 3.8) is 0 Å². The molecular formula is C15H23N5O3. The van der Waals surface area contributed by atoms with Crippen LogP contribution in [0.25, 0.3) is 0 Å². The van der Waals surface area contributed by atoms with Gasteiger partial charge < -0.3 is 19.1 Å². The summed E-state index contributed by atoms with van der Waals surface area (Å²) in [6.45, 7) is 8.48. The highest BCUT2D eigenvalue weighted by Crippen LogP contribution is 2.07. The molecule has 2 heterocycles. The van der Waals surface area contributed by atoms with Crippen molar-refractivity contribution in [2.24, 2.45) is 0 Å². The fraction of sp³-hybridized carbons (Fsp3) is 0.600. The number of aromatic nitrogens is 4. The van der Waals surface area contributed by atoms with Gasteiger partial charge in [0.15, 0.2) is 5.82 Å². The first kappa shape index (κ1) is 17.0. The zero-order chi connectivity index (χ0) is 16.9. The van der Waals surface area contributed by atoms with Crippen LogP contribution in [0.15, 0.2) is 17.0 Å². The van der Waals surface area contributed by atoms with Crippen LogP contribution in [0.1, 0.15) is 38.2 Å². The molecule has 0 aliphatic carbocycles. The first-order valence-electron chi connectivity index (χ1n) is 7.58. The normalized spacial score (nSPS) is 11.5. The molecule has 0 unspecified atom stereocenters. The molecule has 2 aromatic rings. The Bertz CT molecular complexity index is 642. The molecule has 0 fully saturated rings. The van der Waals surface area contributed by atoms with Crippen LogP contribution in [0.5, 0.6) is 0 Å². The van der Waals surface area contributed by atoms with Crippen molar-refractivity contribution in [2.45, 2.75) is 52.7 Å². The third kappa shape index (κ3) is 5.72. The van der Waals surface area contributed by atoms with Gasteiger partial charge in [0.1, 0.15) is 5.60 Å². The Balaban J connectivity index is 1.78. The summed E-state index contributed by atoms with van der Waals surface area (Å²) >= 11 is 0. The Hall–Kier alpha value is -2.38. The molecule has 1 N–H and O–H groups in total. The Morgan fingerprint density at radius 2 is 2.17 bits per heavy atom. The highest BCUT2D eigenvalue weighted by Gasteiger charge is 2.15. The standard InChI is InChI=1S/C15H23N5O3/c1-11-18-13(23-19-11)6-8-20-10-16-9-12(20)5-7-17-14(21)22-15(2,3)4/h9-10H,5-8H2,1-4H3,(H,17,21). The summed E-state index contributed by atoms with van der Waals surface area (Å²) in [7, 11) is 0. The first-order valence-corrected chi connectivity index (χ1v) is 7.58. The van der Waals surface area contributed by atoms with Gasteiger partial charge in [0.25, 0.3) is 0 Å². The molecule has 0 radical (unpaired) electrons. The van der Waals surface area contributed by atoms with E-state index in [0.717, 1.165) is 5.69 Å². The summed E-state index contributed by atoms with van der Waals surface area (Å²) in [5, 5.41) is 6.50. The summed E-state index contributed by atoms with van der Waals surface area (Å²) < 4.78 is 12.3. The molecule has 0 bridgehead atoms. The number of aryl methyl sites for hydroxylation is 3. The fourth-order valence-corrected chi connectivity index (χ4v) is 2.02. The molecular weight excluding hydrogens is 298 g/mol. The zero-order valence-corrected chi connectivity index (χ0v) is 14.0. The number of carbonyl (C=O) groups is 1. The van der Waals surface area contributed by atoms with E-state index in [9.17, 15) is 4.79 Å². The lowest BCUT2D eigenvalue weighted by Crippen LogP contribution is -2.33. The molecule has 2 rings (SSSR count). The molecule has 1 amide bonds. The Labute approximate surface area is 135 Å². The second-order valence-corrected chi connectivity index (χ2v) is 6.24. The van der Waals surface area contributed by atoms with Gasteiger partial charge in [0, 0.05) is 37.8 Å². The Kier molecular flexibility index (Phi) is 5.36. The number of nitrogens with one attached hydrogen (secondary N) is 1. The molecule has 0 saturated carbocycles. The van der Waals surface area contributed by atoms with Crippen molar-refractivity contribution in [3.8, 4) is 0 Å². The second kappa shape index (κ2) is 7.26. The summed E-state index contributed by atoms with van der Waals surface area (Å²) in [5.74, 6) is 1.24. The average molecular weight is 321 g/mol. The van der Waals surface area contributed by atoms with E-state index in [2.05, 4.69) is 20.4 Å². The van der Waals surface area contributed by atoms with Crippen LogP contribution in [0.4, 0.5) is 4.79 Å². The smallest absolute Gasteiger partial charge is 0.407 e. The lowest BCUT2D eigenvalue weighted by Gasteiger charge is -2.19. The summed E-state index contributed by atoms with van der Waals surface area (Å²) in [5.41, 5.74) is 0.533. The summed E-state index contributed by atoms with van der Waals surface area (Å²) in [4.78, 5) is 19.9. The molecule has 0 aliphatic heterocycles. The molecule has 126 valence electrons. The molecule has 0 aromatic carbocycles. The monoisotopic (exact) mass is 321 g/mol. The van der Waals surface area contributed by atoms with Gasteiger partial charge in [-0.1, -0.05) is 5.16 Å². The number of amides is 1. The van der Waals surface area contributed by atoms with E-state index in [0.29, 0.717) is 37.6 Å².